The Kier molecular flexibility index (Phi) is 5.16. The Hall–Kier alpha value is -1.92. The van der Waals surface area contributed by atoms with Gasteiger partial charge in [-0.25, -0.2) is 0 Å². The number of thiocarbonyl (C=S) groups is 1. The average molecular weight is 344 g/mol. The number of nitrogens with zero attached hydrogens (tertiary/aromatic N) is 3. The molecule has 0 radical (unpaired) electrons. The lowest BCUT2D eigenvalue weighted by atomic mass is 10.0. The summed E-state index contributed by atoms with van der Waals surface area (Å²) in [5, 5.41) is 4.21. The summed E-state index contributed by atoms with van der Waals surface area (Å²) in [5.41, 5.74) is 2.24. The largest absolute Gasteiger partial charge is 0.383 e. The van der Waals surface area contributed by atoms with Crippen LogP contribution in [0.5, 0.6) is 0 Å². The number of nitrogens with one attached hydrogen (secondary N) is 1. The molecule has 0 aliphatic carbocycles. The molecular weight excluding hydrogens is 320 g/mol. The smallest absolute Gasteiger partial charge is 0.170 e. The van der Waals surface area contributed by atoms with E-state index in [0.29, 0.717) is 12.6 Å². The standard InChI is InChI=1S/C18H24N4OS/c1-13(2)21-10-6-8-15(21)17-16(14-7-4-5-9-19-14)20-18(24)22(17)11-12-23-3/h4-10,13,16-17H,11-12H2,1-3H3,(H,20,24)/t16-,17+/m1/s1. The molecule has 2 aromatic heterocycles. The summed E-state index contributed by atoms with van der Waals surface area (Å²) in [6.45, 7) is 5.77. The highest BCUT2D eigenvalue weighted by Gasteiger charge is 2.40. The molecule has 6 heteroatoms. The van der Waals surface area contributed by atoms with Crippen molar-refractivity contribution in [2.75, 3.05) is 20.3 Å². The Morgan fingerprint density at radius 3 is 2.79 bits per heavy atom. The quantitative estimate of drug-likeness (QED) is 0.816. The monoisotopic (exact) mass is 344 g/mol. The van der Waals surface area contributed by atoms with Gasteiger partial charge >= 0.3 is 0 Å². The second-order valence-electron chi connectivity index (χ2n) is 6.25. The normalized spacial score (nSPS) is 20.7. The van der Waals surface area contributed by atoms with Crippen molar-refractivity contribution in [1.29, 1.82) is 0 Å². The topological polar surface area (TPSA) is 42.3 Å². The van der Waals surface area contributed by atoms with Gasteiger partial charge in [0, 0.05) is 37.8 Å². The van der Waals surface area contributed by atoms with E-state index in [0.717, 1.165) is 17.4 Å². The molecule has 1 N–H and O–H groups in total. The summed E-state index contributed by atoms with van der Waals surface area (Å²) in [7, 11) is 1.72. The molecule has 0 amide bonds. The predicted octanol–water partition coefficient (Wildman–Crippen LogP) is 3.08. The Balaban J connectivity index is 2.02. The summed E-state index contributed by atoms with van der Waals surface area (Å²) < 4.78 is 7.59. The Labute approximate surface area is 148 Å². The molecule has 1 aliphatic heterocycles. The van der Waals surface area contributed by atoms with Crippen LogP contribution in [0.15, 0.2) is 42.7 Å². The molecule has 0 spiro atoms. The van der Waals surface area contributed by atoms with Crippen LogP contribution in [0, 0.1) is 0 Å². The van der Waals surface area contributed by atoms with Crippen molar-refractivity contribution >= 4 is 17.3 Å². The lowest BCUT2D eigenvalue weighted by molar-refractivity contribution is 0.162. The van der Waals surface area contributed by atoms with Crippen LogP contribution in [0.3, 0.4) is 0 Å². The first kappa shape index (κ1) is 16.9. The van der Waals surface area contributed by atoms with Crippen molar-refractivity contribution in [3.8, 4) is 0 Å². The van der Waals surface area contributed by atoms with Crippen molar-refractivity contribution in [1.82, 2.24) is 19.8 Å². The van der Waals surface area contributed by atoms with Gasteiger partial charge in [0.05, 0.1) is 24.4 Å². The molecular formula is C18H24N4OS. The van der Waals surface area contributed by atoms with Crippen LogP contribution in [-0.4, -0.2) is 39.8 Å². The van der Waals surface area contributed by atoms with Gasteiger partial charge in [0.1, 0.15) is 0 Å². The van der Waals surface area contributed by atoms with Gasteiger partial charge in [-0.2, -0.15) is 0 Å². The first-order chi connectivity index (χ1) is 11.6. The van der Waals surface area contributed by atoms with Crippen LogP contribution in [-0.2, 0) is 4.74 Å². The van der Waals surface area contributed by atoms with Gasteiger partial charge in [0.15, 0.2) is 5.11 Å². The van der Waals surface area contributed by atoms with E-state index in [9.17, 15) is 0 Å². The molecule has 1 aliphatic rings. The van der Waals surface area contributed by atoms with Crippen LogP contribution in [0.2, 0.25) is 0 Å². The molecule has 3 rings (SSSR count). The molecule has 0 aromatic carbocycles. The number of ether oxygens (including phenoxy) is 1. The van der Waals surface area contributed by atoms with E-state index >= 15 is 0 Å². The van der Waals surface area contributed by atoms with Gasteiger partial charge in [0.25, 0.3) is 0 Å². The zero-order valence-electron chi connectivity index (χ0n) is 14.3. The van der Waals surface area contributed by atoms with Gasteiger partial charge in [0.2, 0.25) is 0 Å². The van der Waals surface area contributed by atoms with E-state index < -0.39 is 0 Å². The van der Waals surface area contributed by atoms with E-state index in [4.69, 9.17) is 17.0 Å². The van der Waals surface area contributed by atoms with E-state index in [1.807, 2.05) is 18.3 Å². The first-order valence-electron chi connectivity index (χ1n) is 8.27. The van der Waals surface area contributed by atoms with Crippen molar-refractivity contribution in [3.63, 3.8) is 0 Å². The maximum Gasteiger partial charge on any atom is 0.170 e. The summed E-state index contributed by atoms with van der Waals surface area (Å²) in [6, 6.07) is 10.8. The van der Waals surface area contributed by atoms with Crippen molar-refractivity contribution in [3.05, 3.63) is 54.1 Å². The third-order valence-electron chi connectivity index (χ3n) is 4.41. The molecule has 24 heavy (non-hydrogen) atoms. The van der Waals surface area contributed by atoms with Gasteiger partial charge in [-0.1, -0.05) is 6.07 Å². The minimum absolute atomic E-state index is 0.0305. The van der Waals surface area contributed by atoms with Gasteiger partial charge in [-0.3, -0.25) is 4.98 Å². The maximum atomic E-state index is 5.61. The molecule has 0 saturated carbocycles. The summed E-state index contributed by atoms with van der Waals surface area (Å²) in [5.74, 6) is 0. The maximum absolute atomic E-state index is 5.61. The highest BCUT2D eigenvalue weighted by molar-refractivity contribution is 7.80. The average Bonchev–Trinajstić information content (AvgIpc) is 3.18. The number of rotatable bonds is 6. The van der Waals surface area contributed by atoms with Gasteiger partial charge in [-0.05, 0) is 50.3 Å². The molecule has 0 unspecified atom stereocenters. The molecule has 1 saturated heterocycles. The van der Waals surface area contributed by atoms with Crippen LogP contribution in [0.25, 0.3) is 0 Å². The third-order valence-corrected chi connectivity index (χ3v) is 4.76. The molecule has 2 aromatic rings. The van der Waals surface area contributed by atoms with E-state index in [2.05, 4.69) is 58.0 Å². The second kappa shape index (κ2) is 7.32. The highest BCUT2D eigenvalue weighted by atomic mass is 32.1. The van der Waals surface area contributed by atoms with Crippen molar-refractivity contribution in [2.24, 2.45) is 0 Å². The number of hydrogen-bond acceptors (Lipinski definition) is 3. The summed E-state index contributed by atoms with van der Waals surface area (Å²) in [6.07, 6.45) is 3.96. The number of methoxy groups -OCH3 is 1. The lowest BCUT2D eigenvalue weighted by Crippen LogP contribution is -2.33. The lowest BCUT2D eigenvalue weighted by Gasteiger charge is -2.29. The van der Waals surface area contributed by atoms with Crippen LogP contribution in [0.4, 0.5) is 0 Å². The van der Waals surface area contributed by atoms with Gasteiger partial charge < -0.3 is 19.5 Å². The molecule has 1 fully saturated rings. The Morgan fingerprint density at radius 1 is 1.29 bits per heavy atom. The highest BCUT2D eigenvalue weighted by Crippen LogP contribution is 2.39. The van der Waals surface area contributed by atoms with E-state index in [-0.39, 0.29) is 12.1 Å². The van der Waals surface area contributed by atoms with Gasteiger partial charge in [-0.15, -0.1) is 0 Å². The number of aromatic nitrogens is 2. The third kappa shape index (κ3) is 3.16. The van der Waals surface area contributed by atoms with Crippen molar-refractivity contribution < 1.29 is 4.74 Å². The summed E-state index contributed by atoms with van der Waals surface area (Å²) >= 11 is 5.61. The molecule has 128 valence electrons. The summed E-state index contributed by atoms with van der Waals surface area (Å²) in [4.78, 5) is 6.77. The molecule has 0 bridgehead atoms. The minimum atomic E-state index is 0.0305. The van der Waals surface area contributed by atoms with Crippen molar-refractivity contribution in [2.45, 2.75) is 32.0 Å². The molecule has 2 atom stereocenters. The Bertz CT molecular complexity index is 685. The number of pyridine rings is 1. The first-order valence-corrected chi connectivity index (χ1v) is 8.68. The fourth-order valence-electron chi connectivity index (χ4n) is 3.29. The zero-order chi connectivity index (χ0) is 17.1. The van der Waals surface area contributed by atoms with E-state index in [1.54, 1.807) is 7.11 Å². The van der Waals surface area contributed by atoms with Crippen LogP contribution in [0.1, 0.15) is 43.4 Å². The minimum Gasteiger partial charge on any atom is -0.383 e. The Morgan fingerprint density at radius 2 is 2.12 bits per heavy atom. The molecule has 5 nitrogen and oxygen atoms in total. The van der Waals surface area contributed by atoms with Crippen LogP contribution >= 0.6 is 12.2 Å². The predicted molar refractivity (Wildman–Crippen MR) is 98.9 cm³/mol. The fraction of sp³-hybridized carbons (Fsp3) is 0.444. The zero-order valence-corrected chi connectivity index (χ0v) is 15.2. The van der Waals surface area contributed by atoms with Crippen LogP contribution < -0.4 is 5.32 Å². The van der Waals surface area contributed by atoms with E-state index in [1.165, 1.54) is 5.69 Å². The number of hydrogen-bond donors (Lipinski definition) is 1. The second-order valence-corrected chi connectivity index (χ2v) is 6.63. The molecule has 3 heterocycles. The SMILES string of the molecule is COCCN1C(=S)N[C@H](c2ccccn2)[C@@H]1c1cccn1C(C)C. The fourth-order valence-corrected chi connectivity index (χ4v) is 3.62.